The highest BCUT2D eigenvalue weighted by atomic mass is 16.5. The fourth-order valence-corrected chi connectivity index (χ4v) is 5.19. The molecule has 0 radical (unpaired) electrons. The van der Waals surface area contributed by atoms with E-state index in [-0.39, 0.29) is 19.0 Å². The largest absolute Gasteiger partial charge is 0.492 e. The van der Waals surface area contributed by atoms with Gasteiger partial charge in [0.15, 0.2) is 0 Å². The first-order chi connectivity index (χ1) is 21.7. The summed E-state index contributed by atoms with van der Waals surface area (Å²) in [6, 6.07) is 43.9. The lowest BCUT2D eigenvalue weighted by atomic mass is 9.99. The van der Waals surface area contributed by atoms with Crippen LogP contribution in [0.25, 0.3) is 21.5 Å². The van der Waals surface area contributed by atoms with Crippen molar-refractivity contribution in [1.29, 1.82) is 0 Å². The van der Waals surface area contributed by atoms with Gasteiger partial charge in [-0.1, -0.05) is 78.0 Å². The molecule has 0 heterocycles. The predicted octanol–water partition coefficient (Wildman–Crippen LogP) is 9.64. The van der Waals surface area contributed by atoms with Gasteiger partial charge in [0.05, 0.1) is 25.3 Å². The highest BCUT2D eigenvalue weighted by Crippen LogP contribution is 2.38. The van der Waals surface area contributed by atoms with Crippen molar-refractivity contribution in [3.8, 4) is 11.5 Å². The summed E-state index contributed by atoms with van der Waals surface area (Å²) in [4.78, 5) is 14.9. The van der Waals surface area contributed by atoms with Crippen LogP contribution in [-0.4, -0.2) is 19.1 Å². The van der Waals surface area contributed by atoms with E-state index in [1.807, 2.05) is 110 Å². The Balaban J connectivity index is 1.14. The van der Waals surface area contributed by atoms with Gasteiger partial charge in [0.1, 0.15) is 11.5 Å². The zero-order valence-corrected chi connectivity index (χ0v) is 24.4. The maximum absolute atomic E-state index is 12.8. The van der Waals surface area contributed by atoms with Crippen molar-refractivity contribution in [3.63, 3.8) is 0 Å². The molecule has 0 aliphatic rings. The molecule has 7 heteroatoms. The van der Waals surface area contributed by atoms with E-state index in [0.717, 1.165) is 44.3 Å². The lowest BCUT2D eigenvalue weighted by Crippen LogP contribution is -2.13. The minimum Gasteiger partial charge on any atom is -0.492 e. The van der Waals surface area contributed by atoms with Crippen molar-refractivity contribution in [2.75, 3.05) is 23.5 Å². The fraction of sp³-hybridized carbons (Fsp3) is 0.108. The summed E-state index contributed by atoms with van der Waals surface area (Å²) in [5.74, 6) is 0.828. The van der Waals surface area contributed by atoms with Gasteiger partial charge in [-0.15, -0.1) is 0 Å². The van der Waals surface area contributed by atoms with E-state index in [1.54, 1.807) is 0 Å². The van der Waals surface area contributed by atoms with Crippen molar-refractivity contribution in [2.24, 2.45) is 10.3 Å². The fourth-order valence-electron chi connectivity index (χ4n) is 5.19. The highest BCUT2D eigenvalue weighted by Gasteiger charge is 2.14. The molecule has 1 N–H and O–H groups in total. The Hall–Kier alpha value is -5.69. The highest BCUT2D eigenvalue weighted by molar-refractivity contribution is 6.15. The summed E-state index contributed by atoms with van der Waals surface area (Å²) in [5, 5.41) is 12.1. The molecule has 44 heavy (non-hydrogen) atoms. The zero-order chi connectivity index (χ0) is 30.1. The number of nitrogens with zero attached hydrogens (tertiary/aromatic N) is 3. The first-order valence-electron chi connectivity index (χ1n) is 14.6. The number of ether oxygens (including phenoxy) is 2. The van der Waals surface area contributed by atoms with E-state index in [1.165, 1.54) is 0 Å². The molecular weight excluding hydrogens is 548 g/mol. The van der Waals surface area contributed by atoms with Gasteiger partial charge in [0.2, 0.25) is 0 Å². The smallest absolute Gasteiger partial charge is 0.314 e. The number of benzene rings is 6. The van der Waals surface area contributed by atoms with E-state index in [0.29, 0.717) is 18.0 Å². The number of esters is 1. The second-order valence-electron chi connectivity index (χ2n) is 10.1. The molecule has 6 rings (SSSR count). The standard InChI is InChI=1S/C37H32N4O3/c1-2-38-40-39-34-26-27-12-11-19-35(37(27)33-18-10-9-17-32(33)34)43-25-24-36(42)44-31-22-20-30(21-23-31)41(28-13-5-3-6-14-28)29-15-7-4-8-16-29/h3-23,26H,2,24-25H2,1H3,(H,38,39). The van der Waals surface area contributed by atoms with Crippen LogP contribution in [-0.2, 0) is 4.79 Å². The van der Waals surface area contributed by atoms with Gasteiger partial charge in [0, 0.05) is 27.8 Å². The number of para-hydroxylation sites is 2. The summed E-state index contributed by atoms with van der Waals surface area (Å²) in [6.07, 6.45) is 0.104. The molecule has 0 aliphatic heterocycles. The van der Waals surface area contributed by atoms with Gasteiger partial charge in [-0.05, 0) is 78.4 Å². The van der Waals surface area contributed by atoms with Crippen LogP contribution >= 0.6 is 0 Å². The molecule has 0 atom stereocenters. The van der Waals surface area contributed by atoms with Gasteiger partial charge in [-0.25, -0.2) is 0 Å². The Bertz CT molecular complexity index is 1850. The molecule has 0 bridgehead atoms. The third-order valence-electron chi connectivity index (χ3n) is 7.15. The summed E-state index contributed by atoms with van der Waals surface area (Å²) < 4.78 is 11.8. The minimum absolute atomic E-state index is 0.104. The number of hydrogen-bond donors (Lipinski definition) is 1. The van der Waals surface area contributed by atoms with Crippen molar-refractivity contribution in [2.45, 2.75) is 13.3 Å². The van der Waals surface area contributed by atoms with Crippen molar-refractivity contribution in [3.05, 3.63) is 133 Å². The van der Waals surface area contributed by atoms with Crippen LogP contribution in [0.3, 0.4) is 0 Å². The van der Waals surface area contributed by atoms with Crippen LogP contribution in [0.5, 0.6) is 11.5 Å². The molecule has 6 aromatic carbocycles. The third-order valence-corrected chi connectivity index (χ3v) is 7.15. The normalized spacial score (nSPS) is 11.1. The van der Waals surface area contributed by atoms with Crippen LogP contribution in [0.2, 0.25) is 0 Å². The van der Waals surface area contributed by atoms with E-state index in [9.17, 15) is 4.79 Å². The number of rotatable bonds is 11. The van der Waals surface area contributed by atoms with Gasteiger partial charge in [-0.2, -0.15) is 5.11 Å². The van der Waals surface area contributed by atoms with Crippen molar-refractivity contribution in [1.82, 2.24) is 0 Å². The molecule has 0 unspecified atom stereocenters. The van der Waals surface area contributed by atoms with Gasteiger partial charge >= 0.3 is 5.97 Å². The van der Waals surface area contributed by atoms with Crippen LogP contribution in [0.1, 0.15) is 13.3 Å². The van der Waals surface area contributed by atoms with Crippen LogP contribution in [0, 0.1) is 0 Å². The average Bonchev–Trinajstić information content (AvgIpc) is 3.07. The molecule has 0 amide bonds. The summed E-state index contributed by atoms with van der Waals surface area (Å²) >= 11 is 0. The monoisotopic (exact) mass is 580 g/mol. The molecule has 218 valence electrons. The van der Waals surface area contributed by atoms with Crippen LogP contribution in [0.15, 0.2) is 144 Å². The van der Waals surface area contributed by atoms with E-state index < -0.39 is 0 Å². The predicted molar refractivity (Wildman–Crippen MR) is 177 cm³/mol. The Kier molecular flexibility index (Phi) is 8.74. The maximum Gasteiger partial charge on any atom is 0.314 e. The zero-order valence-electron chi connectivity index (χ0n) is 24.4. The Morgan fingerprint density at radius 1 is 0.727 bits per heavy atom. The number of hydrogen-bond acceptors (Lipinski definition) is 6. The first-order valence-corrected chi connectivity index (χ1v) is 14.6. The molecule has 6 aromatic rings. The van der Waals surface area contributed by atoms with Gasteiger partial charge < -0.3 is 14.4 Å². The Morgan fingerprint density at radius 3 is 2.05 bits per heavy atom. The van der Waals surface area contributed by atoms with Crippen molar-refractivity contribution < 1.29 is 14.3 Å². The molecule has 0 saturated carbocycles. The number of anilines is 4. The number of carbonyl (C=O) groups excluding carboxylic acids is 1. The maximum atomic E-state index is 12.8. The van der Waals surface area contributed by atoms with Crippen molar-refractivity contribution >= 4 is 50.3 Å². The summed E-state index contributed by atoms with van der Waals surface area (Å²) in [5.41, 5.74) is 6.96. The second kappa shape index (κ2) is 13.5. The lowest BCUT2D eigenvalue weighted by molar-refractivity contribution is -0.134. The van der Waals surface area contributed by atoms with E-state index in [4.69, 9.17) is 9.47 Å². The molecular formula is C37H32N4O3. The Labute approximate surface area is 256 Å². The topological polar surface area (TPSA) is 75.5 Å². The number of fused-ring (bicyclic) bond motifs is 3. The SMILES string of the molecule is CCN=NNc1cc2cccc(OCCC(=O)Oc3ccc(N(c4ccccc4)c4ccccc4)cc3)c2c2ccccc12. The minimum atomic E-state index is -0.362. The Morgan fingerprint density at radius 2 is 1.36 bits per heavy atom. The van der Waals surface area contributed by atoms with Crippen LogP contribution in [0.4, 0.5) is 22.7 Å². The molecule has 0 aliphatic carbocycles. The molecule has 0 aromatic heterocycles. The second-order valence-corrected chi connectivity index (χ2v) is 10.1. The van der Waals surface area contributed by atoms with Crippen LogP contribution < -0.4 is 19.8 Å². The first kappa shape index (κ1) is 28.4. The van der Waals surface area contributed by atoms with Gasteiger partial charge in [-0.3, -0.25) is 10.2 Å². The lowest BCUT2D eigenvalue weighted by Gasteiger charge is -2.25. The molecule has 7 nitrogen and oxygen atoms in total. The molecule has 0 saturated heterocycles. The van der Waals surface area contributed by atoms with E-state index in [2.05, 4.69) is 51.0 Å². The van der Waals surface area contributed by atoms with E-state index >= 15 is 0 Å². The average molecular weight is 581 g/mol. The number of nitrogens with one attached hydrogen (secondary N) is 1. The quantitative estimate of drug-likeness (QED) is 0.0543. The third kappa shape index (κ3) is 6.37. The van der Waals surface area contributed by atoms with Gasteiger partial charge in [0.25, 0.3) is 0 Å². The summed E-state index contributed by atoms with van der Waals surface area (Å²) in [6.45, 7) is 2.72. The summed E-state index contributed by atoms with van der Waals surface area (Å²) in [7, 11) is 0. The number of carbonyl (C=O) groups is 1. The molecule has 0 spiro atoms. The molecule has 0 fully saturated rings.